The SMILES string of the molecule is CC1=c2c(cc([C@H](C)Nc3nc(N)ncc3C(=O)C(C)C)n(-c3ccccc3)c2=O)=CCC1. The van der Waals surface area contributed by atoms with Crippen molar-refractivity contribution < 1.29 is 4.79 Å². The predicted molar refractivity (Wildman–Crippen MR) is 132 cm³/mol. The Balaban J connectivity index is 1.90. The number of hydrogen-bond acceptors (Lipinski definition) is 6. The zero-order valence-electron chi connectivity index (χ0n) is 19.4. The number of nitrogen functional groups attached to an aromatic ring is 1. The molecule has 7 nitrogen and oxygen atoms in total. The number of para-hydroxylation sites is 1. The van der Waals surface area contributed by atoms with Crippen LogP contribution in [-0.4, -0.2) is 20.3 Å². The Morgan fingerprint density at radius 3 is 2.61 bits per heavy atom. The second-order valence-corrected chi connectivity index (χ2v) is 8.77. The first kappa shape index (κ1) is 22.5. The van der Waals surface area contributed by atoms with Gasteiger partial charge < -0.3 is 11.1 Å². The third-order valence-corrected chi connectivity index (χ3v) is 5.99. The number of aromatic nitrogens is 3. The third-order valence-electron chi connectivity index (χ3n) is 5.99. The zero-order chi connectivity index (χ0) is 23.7. The van der Waals surface area contributed by atoms with Gasteiger partial charge in [0.2, 0.25) is 5.95 Å². The maximum atomic E-state index is 13.7. The summed E-state index contributed by atoms with van der Waals surface area (Å²) < 4.78 is 1.74. The molecule has 0 unspecified atom stereocenters. The fraction of sp³-hybridized carbons (Fsp3) is 0.308. The summed E-state index contributed by atoms with van der Waals surface area (Å²) in [5, 5.41) is 5.04. The fourth-order valence-electron chi connectivity index (χ4n) is 4.25. The molecule has 7 heteroatoms. The quantitative estimate of drug-likeness (QED) is 0.568. The van der Waals surface area contributed by atoms with Crippen LogP contribution in [0, 0.1) is 5.92 Å². The molecule has 3 N–H and O–H groups in total. The molecule has 0 aliphatic heterocycles. The summed E-state index contributed by atoms with van der Waals surface area (Å²) in [6, 6.07) is 11.3. The van der Waals surface area contributed by atoms with Crippen LogP contribution >= 0.6 is 0 Å². The van der Waals surface area contributed by atoms with Crippen LogP contribution in [0.5, 0.6) is 0 Å². The van der Waals surface area contributed by atoms with Gasteiger partial charge in [0, 0.05) is 28.7 Å². The number of benzene rings is 1. The first-order valence-electron chi connectivity index (χ1n) is 11.2. The largest absolute Gasteiger partial charge is 0.368 e. The van der Waals surface area contributed by atoms with Gasteiger partial charge in [0.1, 0.15) is 5.82 Å². The van der Waals surface area contributed by atoms with Gasteiger partial charge in [-0.05, 0) is 50.1 Å². The van der Waals surface area contributed by atoms with Crippen LogP contribution in [0.4, 0.5) is 11.8 Å². The highest BCUT2D eigenvalue weighted by Crippen LogP contribution is 2.23. The minimum atomic E-state index is -0.341. The van der Waals surface area contributed by atoms with E-state index in [1.807, 2.05) is 58.0 Å². The van der Waals surface area contributed by atoms with E-state index in [0.717, 1.165) is 40.2 Å². The van der Waals surface area contributed by atoms with Crippen LogP contribution in [0.3, 0.4) is 0 Å². The van der Waals surface area contributed by atoms with Crippen molar-refractivity contribution in [2.24, 2.45) is 5.92 Å². The lowest BCUT2D eigenvalue weighted by atomic mass is 10.00. The van der Waals surface area contributed by atoms with Crippen molar-refractivity contribution in [2.45, 2.75) is 46.6 Å². The smallest absolute Gasteiger partial charge is 0.263 e. The molecule has 0 saturated heterocycles. The molecule has 1 aromatic carbocycles. The first-order valence-corrected chi connectivity index (χ1v) is 11.2. The van der Waals surface area contributed by atoms with Crippen LogP contribution in [-0.2, 0) is 0 Å². The third kappa shape index (κ3) is 4.31. The van der Waals surface area contributed by atoms with Crippen LogP contribution in [0.15, 0.2) is 47.4 Å². The summed E-state index contributed by atoms with van der Waals surface area (Å²) in [5.74, 6) is 0.154. The first-order chi connectivity index (χ1) is 15.8. The molecule has 0 saturated carbocycles. The van der Waals surface area contributed by atoms with Gasteiger partial charge in [0.05, 0.1) is 11.6 Å². The van der Waals surface area contributed by atoms with E-state index in [4.69, 9.17) is 5.73 Å². The van der Waals surface area contributed by atoms with Gasteiger partial charge in [-0.15, -0.1) is 0 Å². The molecule has 3 aromatic rings. The number of rotatable bonds is 6. The number of ketones is 1. The minimum absolute atomic E-state index is 0.0449. The number of nitrogens with two attached hydrogens (primary N) is 1. The van der Waals surface area contributed by atoms with E-state index in [0.29, 0.717) is 11.4 Å². The van der Waals surface area contributed by atoms with Gasteiger partial charge in [-0.1, -0.05) is 43.7 Å². The molecular weight excluding hydrogens is 414 g/mol. The molecule has 1 aliphatic rings. The molecule has 4 rings (SSSR count). The molecule has 1 aliphatic carbocycles. The molecule has 170 valence electrons. The molecule has 0 amide bonds. The second kappa shape index (κ2) is 9.02. The summed E-state index contributed by atoms with van der Waals surface area (Å²) in [5.41, 5.74) is 8.83. The Hall–Kier alpha value is -3.74. The average molecular weight is 444 g/mol. The van der Waals surface area contributed by atoms with Crippen molar-refractivity contribution in [2.75, 3.05) is 11.1 Å². The number of nitrogens with zero attached hydrogens (tertiary/aromatic N) is 3. The maximum Gasteiger partial charge on any atom is 0.263 e. The van der Waals surface area contributed by atoms with E-state index in [9.17, 15) is 9.59 Å². The molecule has 2 heterocycles. The van der Waals surface area contributed by atoms with Crippen molar-refractivity contribution in [1.29, 1.82) is 0 Å². The van der Waals surface area contributed by atoms with Crippen molar-refractivity contribution in [3.05, 3.63) is 74.6 Å². The van der Waals surface area contributed by atoms with Crippen molar-refractivity contribution in [3.63, 3.8) is 0 Å². The number of pyridine rings is 1. The summed E-state index contributed by atoms with van der Waals surface area (Å²) in [4.78, 5) is 34.8. The monoisotopic (exact) mass is 443 g/mol. The molecule has 0 bridgehead atoms. The second-order valence-electron chi connectivity index (χ2n) is 8.77. The van der Waals surface area contributed by atoms with Gasteiger partial charge in [0.25, 0.3) is 5.56 Å². The summed E-state index contributed by atoms with van der Waals surface area (Å²) in [7, 11) is 0. The number of anilines is 2. The number of nitrogens with one attached hydrogen (secondary N) is 1. The maximum absolute atomic E-state index is 13.7. The highest BCUT2D eigenvalue weighted by molar-refractivity contribution is 6.01. The van der Waals surface area contributed by atoms with Crippen LogP contribution in [0.25, 0.3) is 17.3 Å². The van der Waals surface area contributed by atoms with E-state index >= 15 is 0 Å². The van der Waals surface area contributed by atoms with Gasteiger partial charge in [0.15, 0.2) is 5.78 Å². The topological polar surface area (TPSA) is 103 Å². The van der Waals surface area contributed by atoms with Crippen LogP contribution in [0.2, 0.25) is 0 Å². The van der Waals surface area contributed by atoms with E-state index in [1.54, 1.807) is 4.57 Å². The lowest BCUT2D eigenvalue weighted by Crippen LogP contribution is -2.48. The highest BCUT2D eigenvalue weighted by atomic mass is 16.1. The number of hydrogen-bond donors (Lipinski definition) is 2. The summed E-state index contributed by atoms with van der Waals surface area (Å²) in [6.07, 6.45) is 5.37. The van der Waals surface area contributed by atoms with Crippen LogP contribution in [0.1, 0.15) is 62.6 Å². The zero-order valence-corrected chi connectivity index (χ0v) is 19.4. The van der Waals surface area contributed by atoms with E-state index in [2.05, 4.69) is 27.4 Å². The lowest BCUT2D eigenvalue weighted by molar-refractivity contribution is 0.0939. The molecule has 2 aromatic heterocycles. The Bertz CT molecular complexity index is 1390. The number of Topliss-reactive ketones (excluding diaryl/α,β-unsaturated/α-hetero) is 1. The Labute approximate surface area is 192 Å². The Morgan fingerprint density at radius 2 is 1.91 bits per heavy atom. The van der Waals surface area contributed by atoms with Crippen LogP contribution < -0.4 is 27.0 Å². The molecule has 0 spiro atoms. The minimum Gasteiger partial charge on any atom is -0.368 e. The highest BCUT2D eigenvalue weighted by Gasteiger charge is 2.22. The van der Waals surface area contributed by atoms with E-state index < -0.39 is 0 Å². The molecule has 33 heavy (non-hydrogen) atoms. The average Bonchev–Trinajstić information content (AvgIpc) is 2.79. The molecule has 0 fully saturated rings. The number of carbonyl (C=O) groups excluding carboxylic acids is 1. The molecule has 1 atom stereocenters. The van der Waals surface area contributed by atoms with Gasteiger partial charge >= 0.3 is 0 Å². The summed E-state index contributed by atoms with van der Waals surface area (Å²) >= 11 is 0. The van der Waals surface area contributed by atoms with E-state index in [-0.39, 0.29) is 29.3 Å². The lowest BCUT2D eigenvalue weighted by Gasteiger charge is -2.23. The fourth-order valence-corrected chi connectivity index (χ4v) is 4.25. The van der Waals surface area contributed by atoms with Crippen molar-refractivity contribution >= 4 is 29.2 Å². The number of carbonyl (C=O) groups is 1. The normalized spacial score (nSPS) is 13.9. The van der Waals surface area contributed by atoms with Gasteiger partial charge in [-0.2, -0.15) is 4.98 Å². The Kier molecular flexibility index (Phi) is 6.14. The standard InChI is InChI=1S/C26H29N5O2/c1-15(2)23(32)20-14-28-26(27)30-24(20)29-17(4)21-13-18-10-8-9-16(3)22(18)25(33)31(21)19-11-6-5-7-12-19/h5-7,10-15,17H,8-9H2,1-4H3,(H3,27,28,29,30)/t17-/m0/s1. The summed E-state index contributed by atoms with van der Waals surface area (Å²) in [6.45, 7) is 7.63. The van der Waals surface area contributed by atoms with Crippen molar-refractivity contribution in [3.8, 4) is 5.69 Å². The van der Waals surface area contributed by atoms with Gasteiger partial charge in [-0.3, -0.25) is 14.2 Å². The predicted octanol–water partition coefficient (Wildman–Crippen LogP) is 2.97. The molecule has 0 radical (unpaired) electrons. The molecular formula is C26H29N5O2. The number of fused-ring (bicyclic) bond motifs is 1. The van der Waals surface area contributed by atoms with E-state index in [1.165, 1.54) is 6.20 Å². The van der Waals surface area contributed by atoms with Gasteiger partial charge in [-0.25, -0.2) is 4.98 Å². The Morgan fingerprint density at radius 1 is 1.18 bits per heavy atom. The van der Waals surface area contributed by atoms with Crippen molar-refractivity contribution in [1.82, 2.24) is 14.5 Å².